The second-order valence-corrected chi connectivity index (χ2v) is 14.1. The monoisotopic (exact) mass is 643 g/mol. The standard InChI is InChI=1S/C38H49N3O6/c1-36(2,3)23-24-39-41-35(44)38(22-21-32(43)47-37(4,5)6)33(29-15-13-28(14-16-29)27-11-8-7-9-12-27)46-34(40-38)30-17-19-31(20-18-30)45-26-10-25-42/h7-9,11-20,33,39,42H,10,21-26H2,1-6H3,(H,41,44)/t33-,38-/m0/s1. The first kappa shape index (κ1) is 35.6. The average molecular weight is 644 g/mol. The lowest BCUT2D eigenvalue weighted by Crippen LogP contribution is -2.53. The Morgan fingerprint density at radius 1 is 0.894 bits per heavy atom. The molecule has 1 heterocycles. The van der Waals surface area contributed by atoms with Crippen LogP contribution in [0.15, 0.2) is 83.9 Å². The molecule has 0 saturated carbocycles. The number of hydrazine groups is 1. The van der Waals surface area contributed by atoms with Crippen molar-refractivity contribution in [2.45, 2.75) is 84.5 Å². The molecule has 1 amide bonds. The summed E-state index contributed by atoms with van der Waals surface area (Å²) < 4.78 is 17.9. The molecule has 2 atom stereocenters. The summed E-state index contributed by atoms with van der Waals surface area (Å²) in [6, 6.07) is 25.2. The molecule has 0 bridgehead atoms. The Labute approximate surface area is 278 Å². The van der Waals surface area contributed by atoms with E-state index < -0.39 is 29.1 Å². The van der Waals surface area contributed by atoms with Crippen LogP contribution in [0.5, 0.6) is 5.75 Å². The lowest BCUT2D eigenvalue weighted by Gasteiger charge is -2.31. The van der Waals surface area contributed by atoms with Gasteiger partial charge in [0.15, 0.2) is 11.6 Å². The summed E-state index contributed by atoms with van der Waals surface area (Å²) >= 11 is 0. The Hall–Kier alpha value is -4.21. The van der Waals surface area contributed by atoms with Gasteiger partial charge in [0.25, 0.3) is 5.91 Å². The van der Waals surface area contributed by atoms with Gasteiger partial charge in [-0.05, 0) is 80.0 Å². The van der Waals surface area contributed by atoms with Gasteiger partial charge in [0, 0.05) is 31.6 Å². The van der Waals surface area contributed by atoms with E-state index in [0.29, 0.717) is 30.9 Å². The third kappa shape index (κ3) is 10.1. The summed E-state index contributed by atoms with van der Waals surface area (Å²) in [6.07, 6.45) is 0.561. The minimum absolute atomic E-state index is 0.0386. The van der Waals surface area contributed by atoms with Crippen LogP contribution < -0.4 is 15.6 Å². The third-order valence-electron chi connectivity index (χ3n) is 7.68. The highest BCUT2D eigenvalue weighted by Crippen LogP contribution is 2.44. The molecule has 3 N–H and O–H groups in total. The average Bonchev–Trinajstić information content (AvgIpc) is 3.43. The van der Waals surface area contributed by atoms with E-state index in [1.807, 2.05) is 87.5 Å². The molecule has 1 aliphatic heterocycles. The zero-order valence-electron chi connectivity index (χ0n) is 28.5. The van der Waals surface area contributed by atoms with Crippen LogP contribution in [0.3, 0.4) is 0 Å². The summed E-state index contributed by atoms with van der Waals surface area (Å²) in [4.78, 5) is 32.3. The van der Waals surface area contributed by atoms with Crippen LogP contribution >= 0.6 is 0 Å². The number of hydrogen-bond acceptors (Lipinski definition) is 8. The van der Waals surface area contributed by atoms with Gasteiger partial charge in [0.2, 0.25) is 5.90 Å². The van der Waals surface area contributed by atoms with E-state index in [1.54, 1.807) is 12.1 Å². The fourth-order valence-electron chi connectivity index (χ4n) is 5.22. The van der Waals surface area contributed by atoms with Crippen molar-refractivity contribution in [3.05, 3.63) is 90.0 Å². The maximum atomic E-state index is 14.3. The van der Waals surface area contributed by atoms with Gasteiger partial charge in [0.1, 0.15) is 11.4 Å². The van der Waals surface area contributed by atoms with Crippen LogP contribution in [-0.2, 0) is 19.1 Å². The quantitative estimate of drug-likeness (QED) is 0.104. The molecule has 0 radical (unpaired) electrons. The maximum absolute atomic E-state index is 14.3. The molecule has 0 saturated heterocycles. The van der Waals surface area contributed by atoms with Gasteiger partial charge in [-0.3, -0.25) is 15.0 Å². The fraction of sp³-hybridized carbons (Fsp3) is 0.447. The number of aliphatic hydroxyl groups is 1. The maximum Gasteiger partial charge on any atom is 0.306 e. The number of carbonyl (C=O) groups excluding carboxylic acids is 2. The van der Waals surface area contributed by atoms with Gasteiger partial charge in [-0.1, -0.05) is 75.4 Å². The topological polar surface area (TPSA) is 118 Å². The molecule has 47 heavy (non-hydrogen) atoms. The number of carbonyl (C=O) groups is 2. The van der Waals surface area contributed by atoms with Crippen molar-refractivity contribution in [1.82, 2.24) is 10.9 Å². The summed E-state index contributed by atoms with van der Waals surface area (Å²) in [5, 5.41) is 9.08. The lowest BCUT2D eigenvalue weighted by molar-refractivity contribution is -0.155. The zero-order chi connectivity index (χ0) is 34.1. The summed E-state index contributed by atoms with van der Waals surface area (Å²) in [5.74, 6) is 0.117. The Morgan fingerprint density at radius 3 is 2.15 bits per heavy atom. The summed E-state index contributed by atoms with van der Waals surface area (Å²) in [6.45, 7) is 12.9. The second-order valence-electron chi connectivity index (χ2n) is 14.1. The molecule has 0 aromatic heterocycles. The minimum Gasteiger partial charge on any atom is -0.494 e. The predicted molar refractivity (Wildman–Crippen MR) is 184 cm³/mol. The normalized spacial score (nSPS) is 17.9. The van der Waals surface area contributed by atoms with Crippen molar-refractivity contribution in [1.29, 1.82) is 0 Å². The van der Waals surface area contributed by atoms with Crippen molar-refractivity contribution >= 4 is 17.8 Å². The largest absolute Gasteiger partial charge is 0.494 e. The van der Waals surface area contributed by atoms with Crippen molar-refractivity contribution in [2.24, 2.45) is 10.4 Å². The van der Waals surface area contributed by atoms with Crippen LogP contribution in [0, 0.1) is 5.41 Å². The number of amides is 1. The number of hydrogen-bond donors (Lipinski definition) is 3. The highest BCUT2D eigenvalue weighted by molar-refractivity contribution is 6.01. The van der Waals surface area contributed by atoms with E-state index in [-0.39, 0.29) is 30.8 Å². The van der Waals surface area contributed by atoms with Crippen LogP contribution in [0.2, 0.25) is 0 Å². The lowest BCUT2D eigenvalue weighted by atomic mass is 9.83. The van der Waals surface area contributed by atoms with Crippen molar-refractivity contribution < 1.29 is 28.9 Å². The minimum atomic E-state index is -1.48. The molecule has 252 valence electrons. The highest BCUT2D eigenvalue weighted by Gasteiger charge is 2.53. The van der Waals surface area contributed by atoms with Gasteiger partial charge >= 0.3 is 5.97 Å². The van der Waals surface area contributed by atoms with Crippen molar-refractivity contribution in [3.63, 3.8) is 0 Å². The van der Waals surface area contributed by atoms with Crippen LogP contribution in [0.4, 0.5) is 0 Å². The zero-order valence-corrected chi connectivity index (χ0v) is 28.5. The first-order chi connectivity index (χ1) is 22.3. The van der Waals surface area contributed by atoms with Crippen LogP contribution in [0.25, 0.3) is 11.1 Å². The molecule has 0 fully saturated rings. The smallest absolute Gasteiger partial charge is 0.306 e. The third-order valence-corrected chi connectivity index (χ3v) is 7.68. The Morgan fingerprint density at radius 2 is 1.53 bits per heavy atom. The van der Waals surface area contributed by atoms with E-state index in [4.69, 9.17) is 24.3 Å². The fourth-order valence-corrected chi connectivity index (χ4v) is 5.22. The van der Waals surface area contributed by atoms with Gasteiger partial charge in [-0.2, -0.15) is 0 Å². The number of esters is 1. The Kier molecular flexibility index (Phi) is 11.8. The van der Waals surface area contributed by atoms with Gasteiger partial charge < -0.3 is 19.3 Å². The highest BCUT2D eigenvalue weighted by atomic mass is 16.6. The second kappa shape index (κ2) is 15.6. The first-order valence-corrected chi connectivity index (χ1v) is 16.3. The number of aliphatic hydroxyl groups excluding tert-OH is 1. The number of nitrogens with zero attached hydrogens (tertiary/aromatic N) is 1. The SMILES string of the molecule is CC(C)(C)CCNNC(=O)[C@@]1(CCC(=O)OC(C)(C)C)N=C(c2ccc(OCCCO)cc2)O[C@H]1c1ccc(-c2ccccc2)cc1. The van der Waals surface area contributed by atoms with E-state index in [1.165, 1.54) is 0 Å². The molecule has 0 spiro atoms. The van der Waals surface area contributed by atoms with E-state index in [2.05, 4.69) is 31.6 Å². The Balaban J connectivity index is 1.71. The van der Waals surface area contributed by atoms with Gasteiger partial charge in [-0.15, -0.1) is 0 Å². The van der Waals surface area contributed by atoms with Crippen LogP contribution in [0.1, 0.15) is 84.5 Å². The van der Waals surface area contributed by atoms with Crippen LogP contribution in [-0.4, -0.2) is 53.8 Å². The molecule has 9 nitrogen and oxygen atoms in total. The first-order valence-electron chi connectivity index (χ1n) is 16.3. The molecule has 3 aromatic rings. The molecular formula is C38H49N3O6. The number of benzene rings is 3. The summed E-state index contributed by atoms with van der Waals surface area (Å²) in [7, 11) is 0. The number of nitrogens with one attached hydrogen (secondary N) is 2. The molecule has 3 aromatic carbocycles. The number of ether oxygens (including phenoxy) is 3. The predicted octanol–water partition coefficient (Wildman–Crippen LogP) is 6.55. The number of rotatable bonds is 14. The van der Waals surface area contributed by atoms with E-state index in [9.17, 15) is 9.59 Å². The molecule has 9 heteroatoms. The van der Waals surface area contributed by atoms with E-state index in [0.717, 1.165) is 23.1 Å². The van der Waals surface area contributed by atoms with E-state index >= 15 is 0 Å². The van der Waals surface area contributed by atoms with Crippen molar-refractivity contribution in [2.75, 3.05) is 19.8 Å². The molecule has 0 aliphatic carbocycles. The summed E-state index contributed by atoms with van der Waals surface area (Å²) in [5.41, 5.74) is 7.41. The molecular weight excluding hydrogens is 594 g/mol. The number of aliphatic imine (C=N–C) groups is 1. The van der Waals surface area contributed by atoms with Crippen molar-refractivity contribution in [3.8, 4) is 16.9 Å². The molecule has 4 rings (SSSR count). The molecule has 0 unspecified atom stereocenters. The van der Waals surface area contributed by atoms with Gasteiger partial charge in [0.05, 0.1) is 6.61 Å². The molecule has 1 aliphatic rings. The van der Waals surface area contributed by atoms with Gasteiger partial charge in [-0.25, -0.2) is 10.4 Å². The Bertz CT molecular complexity index is 1490.